The van der Waals surface area contributed by atoms with Gasteiger partial charge in [-0.15, -0.1) is 0 Å². The Balaban J connectivity index is 1.75. The second-order valence-electron chi connectivity index (χ2n) is 4.31. The summed E-state index contributed by atoms with van der Waals surface area (Å²) in [6, 6.07) is 15.7. The van der Waals surface area contributed by atoms with Crippen molar-refractivity contribution in [1.29, 1.82) is 0 Å². The number of rotatable bonds is 3. The maximum atomic E-state index is 11.8. The van der Waals surface area contributed by atoms with Gasteiger partial charge in [-0.3, -0.25) is 9.48 Å². The summed E-state index contributed by atoms with van der Waals surface area (Å²) in [5, 5.41) is 9.15. The summed E-state index contributed by atoms with van der Waals surface area (Å²) in [4.78, 5) is 11.8. The largest absolute Gasteiger partial charge is 0.324 e. The normalized spacial score (nSPS) is 10.5. The summed E-state index contributed by atoms with van der Waals surface area (Å²) in [5.74, 6) is -0.0843. The van der Waals surface area contributed by atoms with Gasteiger partial charge in [0.25, 0.3) is 0 Å². The van der Waals surface area contributed by atoms with Crippen LogP contribution in [0, 0.1) is 0 Å². The molecule has 0 aliphatic rings. The van der Waals surface area contributed by atoms with Gasteiger partial charge in [0.2, 0.25) is 5.91 Å². The van der Waals surface area contributed by atoms with Crippen LogP contribution in [0.25, 0.3) is 10.8 Å². The van der Waals surface area contributed by atoms with E-state index in [1.165, 1.54) is 0 Å². The van der Waals surface area contributed by atoms with Crippen molar-refractivity contribution >= 4 is 22.4 Å². The van der Waals surface area contributed by atoms with Crippen LogP contribution >= 0.6 is 0 Å². The molecule has 4 heteroatoms. The third kappa shape index (κ3) is 2.63. The number of carbonyl (C=O) groups is 1. The van der Waals surface area contributed by atoms with Gasteiger partial charge in [-0.1, -0.05) is 30.3 Å². The molecule has 3 rings (SSSR count). The van der Waals surface area contributed by atoms with Crippen LogP contribution < -0.4 is 5.32 Å². The molecule has 1 amide bonds. The van der Waals surface area contributed by atoms with Gasteiger partial charge in [0.05, 0.1) is 0 Å². The van der Waals surface area contributed by atoms with Crippen LogP contribution in [0.5, 0.6) is 0 Å². The van der Waals surface area contributed by atoms with Gasteiger partial charge in [0.15, 0.2) is 0 Å². The zero-order chi connectivity index (χ0) is 13.1. The minimum atomic E-state index is -0.0843. The lowest BCUT2D eigenvalue weighted by molar-refractivity contribution is -0.116. The van der Waals surface area contributed by atoms with Crippen molar-refractivity contribution in [3.8, 4) is 0 Å². The Morgan fingerprint density at radius 1 is 1.11 bits per heavy atom. The second-order valence-corrected chi connectivity index (χ2v) is 4.31. The minimum absolute atomic E-state index is 0.0843. The molecule has 0 atom stereocenters. The molecule has 1 heterocycles. The van der Waals surface area contributed by atoms with Crippen molar-refractivity contribution in [3.05, 3.63) is 60.9 Å². The molecule has 19 heavy (non-hydrogen) atoms. The van der Waals surface area contributed by atoms with E-state index in [-0.39, 0.29) is 12.5 Å². The molecule has 4 nitrogen and oxygen atoms in total. The van der Waals surface area contributed by atoms with Crippen LogP contribution in [0.1, 0.15) is 0 Å². The summed E-state index contributed by atoms with van der Waals surface area (Å²) < 4.78 is 1.59. The highest BCUT2D eigenvalue weighted by atomic mass is 16.2. The average molecular weight is 251 g/mol. The van der Waals surface area contributed by atoms with Gasteiger partial charge in [-0.2, -0.15) is 5.10 Å². The monoisotopic (exact) mass is 251 g/mol. The van der Waals surface area contributed by atoms with Crippen LogP contribution in [0.4, 0.5) is 5.69 Å². The Morgan fingerprint density at radius 2 is 1.95 bits per heavy atom. The summed E-state index contributed by atoms with van der Waals surface area (Å²) in [6.45, 7) is 0.222. The lowest BCUT2D eigenvalue weighted by atomic mass is 10.1. The highest BCUT2D eigenvalue weighted by Crippen LogP contribution is 2.18. The molecule has 0 saturated carbocycles. The van der Waals surface area contributed by atoms with Crippen molar-refractivity contribution in [3.63, 3.8) is 0 Å². The Hall–Kier alpha value is -2.62. The number of benzene rings is 2. The van der Waals surface area contributed by atoms with Crippen molar-refractivity contribution in [1.82, 2.24) is 9.78 Å². The smallest absolute Gasteiger partial charge is 0.246 e. The van der Waals surface area contributed by atoms with E-state index in [4.69, 9.17) is 0 Å². The van der Waals surface area contributed by atoms with Crippen molar-refractivity contribution in [2.45, 2.75) is 6.54 Å². The molecule has 0 spiro atoms. The van der Waals surface area contributed by atoms with Gasteiger partial charge in [-0.05, 0) is 29.0 Å². The summed E-state index contributed by atoms with van der Waals surface area (Å²) >= 11 is 0. The fourth-order valence-corrected chi connectivity index (χ4v) is 2.01. The van der Waals surface area contributed by atoms with Gasteiger partial charge in [0.1, 0.15) is 6.54 Å². The maximum absolute atomic E-state index is 11.8. The zero-order valence-corrected chi connectivity index (χ0v) is 10.3. The Labute approximate surface area is 110 Å². The number of hydrogen-bond acceptors (Lipinski definition) is 2. The number of anilines is 1. The van der Waals surface area contributed by atoms with E-state index < -0.39 is 0 Å². The first kappa shape index (κ1) is 11.5. The predicted octanol–water partition coefficient (Wildman–Crippen LogP) is 2.68. The van der Waals surface area contributed by atoms with Crippen LogP contribution in [-0.4, -0.2) is 15.7 Å². The third-order valence-electron chi connectivity index (χ3n) is 2.90. The molecule has 0 unspecified atom stereocenters. The molecule has 94 valence electrons. The first-order chi connectivity index (χ1) is 9.31. The second kappa shape index (κ2) is 4.94. The molecule has 0 aliphatic heterocycles. The van der Waals surface area contributed by atoms with Gasteiger partial charge >= 0.3 is 0 Å². The quantitative estimate of drug-likeness (QED) is 0.778. The number of carbonyl (C=O) groups excluding carboxylic acids is 1. The molecule has 0 fully saturated rings. The fourth-order valence-electron chi connectivity index (χ4n) is 2.01. The lowest BCUT2D eigenvalue weighted by Crippen LogP contribution is -2.18. The number of amides is 1. The van der Waals surface area contributed by atoms with E-state index >= 15 is 0 Å². The Bertz CT molecular complexity index is 704. The highest BCUT2D eigenvalue weighted by Gasteiger charge is 2.04. The molecule has 0 aliphatic carbocycles. The number of nitrogens with one attached hydrogen (secondary N) is 1. The number of fused-ring (bicyclic) bond motifs is 1. The van der Waals surface area contributed by atoms with Crippen LogP contribution in [-0.2, 0) is 11.3 Å². The van der Waals surface area contributed by atoms with E-state index in [0.29, 0.717) is 0 Å². The summed E-state index contributed by atoms with van der Waals surface area (Å²) in [6.07, 6.45) is 3.42. The molecule has 1 N–H and O–H groups in total. The average Bonchev–Trinajstić information content (AvgIpc) is 2.91. The zero-order valence-electron chi connectivity index (χ0n) is 10.3. The van der Waals surface area contributed by atoms with Crippen molar-refractivity contribution < 1.29 is 4.79 Å². The van der Waals surface area contributed by atoms with Gasteiger partial charge in [-0.25, -0.2) is 0 Å². The van der Waals surface area contributed by atoms with E-state index in [1.807, 2.05) is 42.5 Å². The number of aromatic nitrogens is 2. The molecule has 2 aromatic carbocycles. The van der Waals surface area contributed by atoms with Crippen molar-refractivity contribution in [2.75, 3.05) is 5.32 Å². The highest BCUT2D eigenvalue weighted by molar-refractivity contribution is 5.94. The lowest BCUT2D eigenvalue weighted by Gasteiger charge is -2.06. The van der Waals surface area contributed by atoms with E-state index in [1.54, 1.807) is 23.1 Å². The minimum Gasteiger partial charge on any atom is -0.324 e. The topological polar surface area (TPSA) is 46.9 Å². The summed E-state index contributed by atoms with van der Waals surface area (Å²) in [5.41, 5.74) is 0.802. The molecule has 1 aromatic heterocycles. The van der Waals surface area contributed by atoms with Crippen LogP contribution in [0.3, 0.4) is 0 Å². The van der Waals surface area contributed by atoms with Gasteiger partial charge in [0, 0.05) is 18.1 Å². The first-order valence-electron chi connectivity index (χ1n) is 6.07. The Morgan fingerprint density at radius 3 is 2.74 bits per heavy atom. The molecule has 0 radical (unpaired) electrons. The summed E-state index contributed by atoms with van der Waals surface area (Å²) in [7, 11) is 0. The maximum Gasteiger partial charge on any atom is 0.246 e. The molecular weight excluding hydrogens is 238 g/mol. The van der Waals surface area contributed by atoms with E-state index in [9.17, 15) is 4.79 Å². The Kier molecular flexibility index (Phi) is 2.98. The van der Waals surface area contributed by atoms with Crippen LogP contribution in [0.2, 0.25) is 0 Å². The van der Waals surface area contributed by atoms with Crippen LogP contribution in [0.15, 0.2) is 60.9 Å². The fraction of sp³-hybridized carbons (Fsp3) is 0.0667. The van der Waals surface area contributed by atoms with Crippen molar-refractivity contribution in [2.24, 2.45) is 0 Å². The molecule has 0 saturated heterocycles. The van der Waals surface area contributed by atoms with E-state index in [0.717, 1.165) is 16.5 Å². The van der Waals surface area contributed by atoms with Gasteiger partial charge < -0.3 is 5.32 Å². The predicted molar refractivity (Wildman–Crippen MR) is 74.8 cm³/mol. The first-order valence-corrected chi connectivity index (χ1v) is 6.07. The SMILES string of the molecule is O=C(Cn1cccn1)Nc1ccc2ccccc2c1. The molecule has 0 bridgehead atoms. The van der Waals surface area contributed by atoms with E-state index in [2.05, 4.69) is 10.4 Å². The molecular formula is C15H13N3O. The standard InChI is InChI=1S/C15H13N3O/c19-15(11-18-9-3-8-16-18)17-14-7-6-12-4-1-2-5-13(12)10-14/h1-10H,11H2,(H,17,19). The molecule has 3 aromatic rings. The number of hydrogen-bond donors (Lipinski definition) is 1. The third-order valence-corrected chi connectivity index (χ3v) is 2.90. The number of nitrogens with zero attached hydrogens (tertiary/aromatic N) is 2.